The summed E-state index contributed by atoms with van der Waals surface area (Å²) >= 11 is 0. The van der Waals surface area contributed by atoms with Crippen molar-refractivity contribution in [3.05, 3.63) is 65.7 Å². The van der Waals surface area contributed by atoms with Gasteiger partial charge in [-0.05, 0) is 48.6 Å². The quantitative estimate of drug-likeness (QED) is 0.690. The van der Waals surface area contributed by atoms with E-state index >= 15 is 0 Å². The van der Waals surface area contributed by atoms with Crippen LogP contribution in [0.2, 0.25) is 0 Å². The van der Waals surface area contributed by atoms with E-state index in [1.807, 2.05) is 18.2 Å². The summed E-state index contributed by atoms with van der Waals surface area (Å²) < 4.78 is 28.0. The Morgan fingerprint density at radius 1 is 0.758 bits per heavy atom. The van der Waals surface area contributed by atoms with Crippen LogP contribution in [0.5, 0.6) is 0 Å². The first-order chi connectivity index (χ1) is 15.8. The average molecular weight is 470 g/mol. The largest absolute Gasteiger partial charge is 0.335 e. The zero-order valence-corrected chi connectivity index (χ0v) is 20.0. The number of nitrogens with zero attached hydrogens (tertiary/aromatic N) is 3. The Kier molecular flexibility index (Phi) is 6.86. The molecular formula is C25H31N3O4S. The fourth-order valence-corrected chi connectivity index (χ4v) is 6.53. The van der Waals surface area contributed by atoms with Crippen molar-refractivity contribution in [3.8, 4) is 0 Å². The number of carbonyl (C=O) groups excluding carboxylic acids is 2. The molecule has 0 aromatic heterocycles. The van der Waals surface area contributed by atoms with Gasteiger partial charge >= 0.3 is 0 Å². The summed E-state index contributed by atoms with van der Waals surface area (Å²) in [6, 6.07) is 15.4. The molecule has 33 heavy (non-hydrogen) atoms. The summed E-state index contributed by atoms with van der Waals surface area (Å²) in [7, 11) is -3.66. The van der Waals surface area contributed by atoms with Crippen LogP contribution in [-0.2, 0) is 10.0 Å². The Hall–Kier alpha value is -2.71. The molecule has 2 aromatic carbocycles. The van der Waals surface area contributed by atoms with Crippen LogP contribution in [0.4, 0.5) is 0 Å². The first kappa shape index (κ1) is 23.4. The highest BCUT2D eigenvalue weighted by atomic mass is 32.2. The lowest BCUT2D eigenvalue weighted by molar-refractivity contribution is 0.0535. The topological polar surface area (TPSA) is 78.0 Å². The van der Waals surface area contributed by atoms with E-state index in [1.165, 1.54) is 6.07 Å². The number of piperazine rings is 1. The standard InChI is InChI=1S/C25H31N3O4S/c1-19-15-20(2)18-28(17-19)33(31,32)23-10-6-9-22(16-23)25(30)27-13-11-26(12-14-27)24(29)21-7-4-3-5-8-21/h3-10,16,19-20H,11-15,17-18H2,1-2H3. The summed E-state index contributed by atoms with van der Waals surface area (Å²) in [5.41, 5.74) is 0.994. The Morgan fingerprint density at radius 3 is 1.85 bits per heavy atom. The second kappa shape index (κ2) is 9.65. The van der Waals surface area contributed by atoms with E-state index in [-0.39, 0.29) is 16.7 Å². The maximum absolute atomic E-state index is 13.2. The number of hydrogen-bond acceptors (Lipinski definition) is 4. The number of benzene rings is 2. The van der Waals surface area contributed by atoms with Crippen LogP contribution in [0.1, 0.15) is 41.0 Å². The zero-order valence-electron chi connectivity index (χ0n) is 19.2. The summed E-state index contributed by atoms with van der Waals surface area (Å²) in [4.78, 5) is 29.4. The van der Waals surface area contributed by atoms with Crippen LogP contribution < -0.4 is 0 Å². The number of piperidine rings is 1. The molecular weight excluding hydrogens is 438 g/mol. The Morgan fingerprint density at radius 2 is 1.27 bits per heavy atom. The third kappa shape index (κ3) is 5.12. The van der Waals surface area contributed by atoms with Crippen LogP contribution >= 0.6 is 0 Å². The van der Waals surface area contributed by atoms with Gasteiger partial charge in [0, 0.05) is 50.4 Å². The van der Waals surface area contributed by atoms with Gasteiger partial charge in [0.25, 0.3) is 11.8 Å². The van der Waals surface area contributed by atoms with E-state index in [4.69, 9.17) is 0 Å². The van der Waals surface area contributed by atoms with Gasteiger partial charge in [-0.2, -0.15) is 4.31 Å². The van der Waals surface area contributed by atoms with Crippen molar-refractivity contribution in [3.63, 3.8) is 0 Å². The Labute approximate surface area is 196 Å². The Bertz CT molecular complexity index is 1100. The van der Waals surface area contributed by atoms with Crippen LogP contribution in [0.25, 0.3) is 0 Å². The average Bonchev–Trinajstić information content (AvgIpc) is 2.83. The van der Waals surface area contributed by atoms with E-state index in [0.29, 0.717) is 62.2 Å². The first-order valence-electron chi connectivity index (χ1n) is 11.5. The molecule has 0 radical (unpaired) electrons. The van der Waals surface area contributed by atoms with Crippen molar-refractivity contribution in [1.82, 2.24) is 14.1 Å². The molecule has 2 aliphatic heterocycles. The van der Waals surface area contributed by atoms with Crippen molar-refractivity contribution in [2.75, 3.05) is 39.3 Å². The minimum atomic E-state index is -3.66. The normalized spacial score (nSPS) is 22.2. The molecule has 2 atom stereocenters. The molecule has 7 nitrogen and oxygen atoms in total. The van der Waals surface area contributed by atoms with Gasteiger partial charge in [-0.1, -0.05) is 38.1 Å². The molecule has 2 saturated heterocycles. The molecule has 0 saturated carbocycles. The van der Waals surface area contributed by atoms with Gasteiger partial charge in [0.2, 0.25) is 10.0 Å². The maximum atomic E-state index is 13.2. The molecule has 4 rings (SSSR count). The highest BCUT2D eigenvalue weighted by molar-refractivity contribution is 7.89. The second-order valence-electron chi connectivity index (χ2n) is 9.25. The third-order valence-electron chi connectivity index (χ3n) is 6.43. The van der Waals surface area contributed by atoms with Crippen molar-refractivity contribution in [1.29, 1.82) is 0 Å². The van der Waals surface area contributed by atoms with E-state index in [9.17, 15) is 18.0 Å². The van der Waals surface area contributed by atoms with E-state index in [1.54, 1.807) is 44.4 Å². The van der Waals surface area contributed by atoms with Gasteiger partial charge in [0.1, 0.15) is 0 Å². The highest BCUT2D eigenvalue weighted by Gasteiger charge is 2.32. The SMILES string of the molecule is CC1CC(C)CN(S(=O)(=O)c2cccc(C(=O)N3CCN(C(=O)c4ccccc4)CC3)c2)C1. The second-order valence-corrected chi connectivity index (χ2v) is 11.2. The van der Waals surface area contributed by atoms with Crippen LogP contribution in [0, 0.1) is 11.8 Å². The monoisotopic (exact) mass is 469 g/mol. The lowest BCUT2D eigenvalue weighted by Gasteiger charge is -2.35. The number of amides is 2. The number of rotatable bonds is 4. The molecule has 8 heteroatoms. The van der Waals surface area contributed by atoms with E-state index < -0.39 is 10.0 Å². The molecule has 0 spiro atoms. The fourth-order valence-electron chi connectivity index (χ4n) is 4.80. The van der Waals surface area contributed by atoms with Gasteiger partial charge in [0.15, 0.2) is 0 Å². The molecule has 2 aromatic rings. The summed E-state index contributed by atoms with van der Waals surface area (Å²) in [5.74, 6) is 0.367. The minimum absolute atomic E-state index is 0.0409. The molecule has 0 aliphatic carbocycles. The van der Waals surface area contributed by atoms with Crippen molar-refractivity contribution in [2.24, 2.45) is 11.8 Å². The molecule has 0 bridgehead atoms. The fraction of sp³-hybridized carbons (Fsp3) is 0.440. The minimum Gasteiger partial charge on any atom is -0.335 e. The first-order valence-corrected chi connectivity index (χ1v) is 12.9. The summed E-state index contributed by atoms with van der Waals surface area (Å²) in [6.07, 6.45) is 1.02. The predicted octanol–water partition coefficient (Wildman–Crippen LogP) is 2.95. The molecule has 2 fully saturated rings. The van der Waals surface area contributed by atoms with Gasteiger partial charge in [-0.15, -0.1) is 0 Å². The predicted molar refractivity (Wildman–Crippen MR) is 126 cm³/mol. The van der Waals surface area contributed by atoms with Gasteiger partial charge in [0.05, 0.1) is 4.90 Å². The lowest BCUT2D eigenvalue weighted by Crippen LogP contribution is -2.50. The molecule has 2 unspecified atom stereocenters. The Balaban J connectivity index is 1.44. The zero-order chi connectivity index (χ0) is 23.6. The van der Waals surface area contributed by atoms with Crippen LogP contribution in [0.3, 0.4) is 0 Å². The number of hydrogen-bond donors (Lipinski definition) is 0. The van der Waals surface area contributed by atoms with Gasteiger partial charge < -0.3 is 9.80 Å². The van der Waals surface area contributed by atoms with E-state index in [2.05, 4.69) is 13.8 Å². The van der Waals surface area contributed by atoms with Crippen LogP contribution in [0.15, 0.2) is 59.5 Å². The van der Waals surface area contributed by atoms with Crippen LogP contribution in [-0.4, -0.2) is 73.6 Å². The molecule has 2 amide bonds. The van der Waals surface area contributed by atoms with Gasteiger partial charge in [-0.25, -0.2) is 8.42 Å². The molecule has 2 aliphatic rings. The third-order valence-corrected chi connectivity index (χ3v) is 8.26. The van der Waals surface area contributed by atoms with Gasteiger partial charge in [-0.3, -0.25) is 9.59 Å². The number of carbonyl (C=O) groups is 2. The highest BCUT2D eigenvalue weighted by Crippen LogP contribution is 2.27. The lowest BCUT2D eigenvalue weighted by atomic mass is 9.94. The molecule has 176 valence electrons. The molecule has 0 N–H and O–H groups in total. The van der Waals surface area contributed by atoms with Crippen molar-refractivity contribution >= 4 is 21.8 Å². The van der Waals surface area contributed by atoms with Crippen molar-refractivity contribution < 1.29 is 18.0 Å². The molecule has 2 heterocycles. The maximum Gasteiger partial charge on any atom is 0.254 e. The summed E-state index contributed by atoms with van der Waals surface area (Å²) in [5, 5.41) is 0. The van der Waals surface area contributed by atoms with Crippen molar-refractivity contribution in [2.45, 2.75) is 25.2 Å². The smallest absolute Gasteiger partial charge is 0.254 e. The summed E-state index contributed by atoms with van der Waals surface area (Å²) in [6.45, 7) is 6.86. The van der Waals surface area contributed by atoms with E-state index in [0.717, 1.165) is 6.42 Å². The number of sulfonamides is 1.